The van der Waals surface area contributed by atoms with E-state index in [1.807, 2.05) is 0 Å². The van der Waals surface area contributed by atoms with Gasteiger partial charge in [-0.05, 0) is 13.8 Å². The summed E-state index contributed by atoms with van der Waals surface area (Å²) in [5, 5.41) is 9.43. The third kappa shape index (κ3) is 4.03. The molecule has 0 rings (SSSR count). The van der Waals surface area contributed by atoms with Gasteiger partial charge in [-0.2, -0.15) is 5.26 Å². The van der Waals surface area contributed by atoms with E-state index in [0.717, 1.165) is 5.01 Å². The summed E-state index contributed by atoms with van der Waals surface area (Å²) in [4.78, 5) is 10.6. The lowest BCUT2D eigenvalue weighted by Crippen LogP contribution is -2.38. The van der Waals surface area contributed by atoms with E-state index < -0.39 is 6.09 Å². The van der Waals surface area contributed by atoms with E-state index in [4.69, 9.17) is 5.26 Å². The molecular formula is C6H11N3O2. The van der Waals surface area contributed by atoms with Gasteiger partial charge in [0.15, 0.2) is 6.19 Å². The fraction of sp³-hybridized carbons (Fsp3) is 0.667. The molecule has 0 saturated carbocycles. The van der Waals surface area contributed by atoms with Crippen molar-refractivity contribution in [1.29, 1.82) is 5.26 Å². The molecule has 0 bridgehead atoms. The molecule has 11 heavy (non-hydrogen) atoms. The molecule has 0 aliphatic carbocycles. The van der Waals surface area contributed by atoms with Crippen LogP contribution in [0.3, 0.4) is 0 Å². The van der Waals surface area contributed by atoms with Crippen LogP contribution in [0.15, 0.2) is 0 Å². The van der Waals surface area contributed by atoms with Gasteiger partial charge in [-0.15, -0.1) is 0 Å². The maximum absolute atomic E-state index is 10.6. The zero-order valence-electron chi connectivity index (χ0n) is 6.63. The first kappa shape index (κ1) is 9.56. The van der Waals surface area contributed by atoms with Crippen LogP contribution in [0.1, 0.15) is 13.8 Å². The lowest BCUT2D eigenvalue weighted by atomic mass is 10.7. The molecule has 0 aliphatic rings. The largest absolute Gasteiger partial charge is 0.449 e. The first-order chi connectivity index (χ1) is 5.24. The predicted molar refractivity (Wildman–Crippen MR) is 38.2 cm³/mol. The first-order valence-electron chi connectivity index (χ1n) is 3.35. The Hall–Kier alpha value is -1.44. The van der Waals surface area contributed by atoms with Gasteiger partial charge in [0.25, 0.3) is 0 Å². The standard InChI is InChI=1S/C6H11N3O2/c1-3-9(5-7)8-6(10)11-4-2/h3-4H2,1-2H3,(H,8,10). The van der Waals surface area contributed by atoms with Crippen LogP contribution >= 0.6 is 0 Å². The van der Waals surface area contributed by atoms with Gasteiger partial charge in [-0.1, -0.05) is 0 Å². The normalized spacial score (nSPS) is 8.09. The van der Waals surface area contributed by atoms with Crippen LogP contribution < -0.4 is 5.43 Å². The minimum atomic E-state index is -0.601. The van der Waals surface area contributed by atoms with Crippen molar-refractivity contribution in [2.75, 3.05) is 13.2 Å². The Morgan fingerprint density at radius 2 is 2.36 bits per heavy atom. The highest BCUT2D eigenvalue weighted by atomic mass is 16.6. The Balaban J connectivity index is 3.65. The highest BCUT2D eigenvalue weighted by Gasteiger charge is 2.03. The molecule has 0 saturated heterocycles. The molecule has 0 spiro atoms. The second-order valence-electron chi connectivity index (χ2n) is 1.68. The SMILES string of the molecule is CCOC(=O)NN(C#N)CC. The molecule has 0 aromatic heterocycles. The third-order valence-corrected chi connectivity index (χ3v) is 0.939. The summed E-state index contributed by atoms with van der Waals surface area (Å²) in [7, 11) is 0. The van der Waals surface area contributed by atoms with E-state index in [0.29, 0.717) is 13.2 Å². The van der Waals surface area contributed by atoms with Crippen LogP contribution in [0.2, 0.25) is 0 Å². The zero-order chi connectivity index (χ0) is 8.69. The van der Waals surface area contributed by atoms with E-state index in [-0.39, 0.29) is 0 Å². The number of nitriles is 1. The second-order valence-corrected chi connectivity index (χ2v) is 1.68. The maximum Gasteiger partial charge on any atom is 0.426 e. The van der Waals surface area contributed by atoms with Crippen LogP contribution in [-0.2, 0) is 4.74 Å². The topological polar surface area (TPSA) is 65.4 Å². The minimum Gasteiger partial charge on any atom is -0.449 e. The summed E-state index contributed by atoms with van der Waals surface area (Å²) < 4.78 is 4.53. The predicted octanol–water partition coefficient (Wildman–Crippen LogP) is 0.450. The number of amides is 1. The molecule has 62 valence electrons. The van der Waals surface area contributed by atoms with Gasteiger partial charge in [0.1, 0.15) is 0 Å². The van der Waals surface area contributed by atoms with E-state index >= 15 is 0 Å². The van der Waals surface area contributed by atoms with Gasteiger partial charge in [0.2, 0.25) is 0 Å². The number of nitrogens with one attached hydrogen (secondary N) is 1. The second kappa shape index (κ2) is 5.35. The zero-order valence-corrected chi connectivity index (χ0v) is 6.63. The molecule has 0 unspecified atom stereocenters. The number of carbonyl (C=O) groups is 1. The Kier molecular flexibility index (Phi) is 4.65. The molecule has 0 aliphatic heterocycles. The monoisotopic (exact) mass is 157 g/mol. The molecule has 0 heterocycles. The van der Waals surface area contributed by atoms with Gasteiger partial charge >= 0.3 is 6.09 Å². The van der Waals surface area contributed by atoms with Crippen LogP contribution in [0.25, 0.3) is 0 Å². The number of hydrazine groups is 1. The van der Waals surface area contributed by atoms with Gasteiger partial charge in [-0.3, -0.25) is 0 Å². The summed E-state index contributed by atoms with van der Waals surface area (Å²) in [5.41, 5.74) is 2.23. The molecule has 0 atom stereocenters. The number of rotatable bonds is 3. The quantitative estimate of drug-likeness (QED) is 0.367. The van der Waals surface area contributed by atoms with Crippen molar-refractivity contribution in [3.63, 3.8) is 0 Å². The van der Waals surface area contributed by atoms with Crippen molar-refractivity contribution in [3.8, 4) is 6.19 Å². The highest BCUT2D eigenvalue weighted by molar-refractivity contribution is 5.66. The number of nitrogens with zero attached hydrogens (tertiary/aromatic N) is 2. The molecule has 5 nitrogen and oxygen atoms in total. The van der Waals surface area contributed by atoms with Crippen molar-refractivity contribution < 1.29 is 9.53 Å². The first-order valence-corrected chi connectivity index (χ1v) is 3.35. The number of hydrogen-bond donors (Lipinski definition) is 1. The summed E-state index contributed by atoms with van der Waals surface area (Å²) in [6, 6.07) is 0. The lowest BCUT2D eigenvalue weighted by Gasteiger charge is -2.12. The van der Waals surface area contributed by atoms with Gasteiger partial charge in [0.05, 0.1) is 6.61 Å². The van der Waals surface area contributed by atoms with E-state index in [1.165, 1.54) is 0 Å². The molecule has 0 radical (unpaired) electrons. The average Bonchev–Trinajstić information content (AvgIpc) is 2.01. The minimum absolute atomic E-state index is 0.300. The Bertz CT molecular complexity index is 164. The molecule has 5 heteroatoms. The fourth-order valence-electron chi connectivity index (χ4n) is 0.448. The van der Waals surface area contributed by atoms with Crippen LogP contribution in [0, 0.1) is 11.5 Å². The van der Waals surface area contributed by atoms with Crippen LogP contribution in [-0.4, -0.2) is 24.3 Å². The number of ether oxygens (including phenoxy) is 1. The number of hydrogen-bond acceptors (Lipinski definition) is 4. The van der Waals surface area contributed by atoms with Crippen molar-refractivity contribution >= 4 is 6.09 Å². The number of carbonyl (C=O) groups excluding carboxylic acids is 1. The smallest absolute Gasteiger partial charge is 0.426 e. The van der Waals surface area contributed by atoms with Crippen molar-refractivity contribution in [3.05, 3.63) is 0 Å². The third-order valence-electron chi connectivity index (χ3n) is 0.939. The van der Waals surface area contributed by atoms with Crippen LogP contribution in [0.4, 0.5) is 4.79 Å². The summed E-state index contributed by atoms with van der Waals surface area (Å²) in [6.07, 6.45) is 1.16. The molecule has 0 aromatic rings. The summed E-state index contributed by atoms with van der Waals surface area (Å²) >= 11 is 0. The maximum atomic E-state index is 10.6. The van der Waals surface area contributed by atoms with Crippen molar-refractivity contribution in [2.24, 2.45) is 0 Å². The van der Waals surface area contributed by atoms with Gasteiger partial charge < -0.3 is 4.74 Å². The average molecular weight is 157 g/mol. The van der Waals surface area contributed by atoms with Crippen molar-refractivity contribution in [2.45, 2.75) is 13.8 Å². The van der Waals surface area contributed by atoms with Crippen molar-refractivity contribution in [1.82, 2.24) is 10.4 Å². The molecule has 0 fully saturated rings. The van der Waals surface area contributed by atoms with Crippen LogP contribution in [0.5, 0.6) is 0 Å². The molecular weight excluding hydrogens is 146 g/mol. The lowest BCUT2D eigenvalue weighted by molar-refractivity contribution is 0.129. The van der Waals surface area contributed by atoms with Gasteiger partial charge in [-0.25, -0.2) is 15.2 Å². The molecule has 1 N–H and O–H groups in total. The summed E-state index contributed by atoms with van der Waals surface area (Å²) in [6.45, 7) is 4.17. The fourth-order valence-corrected chi connectivity index (χ4v) is 0.448. The van der Waals surface area contributed by atoms with E-state index in [9.17, 15) is 4.79 Å². The Labute approximate surface area is 65.5 Å². The highest BCUT2D eigenvalue weighted by Crippen LogP contribution is 1.80. The van der Waals surface area contributed by atoms with E-state index in [2.05, 4.69) is 10.2 Å². The summed E-state index contributed by atoms with van der Waals surface area (Å²) in [5.74, 6) is 0. The van der Waals surface area contributed by atoms with E-state index in [1.54, 1.807) is 20.0 Å². The molecule has 1 amide bonds. The van der Waals surface area contributed by atoms with Gasteiger partial charge in [0, 0.05) is 6.54 Å². The Morgan fingerprint density at radius 3 is 2.73 bits per heavy atom. The molecule has 0 aromatic carbocycles. The Morgan fingerprint density at radius 1 is 1.73 bits per heavy atom.